The van der Waals surface area contributed by atoms with Crippen molar-refractivity contribution in [2.75, 3.05) is 11.9 Å². The predicted molar refractivity (Wildman–Crippen MR) is 113 cm³/mol. The van der Waals surface area contributed by atoms with Gasteiger partial charge in [-0.05, 0) is 67.7 Å². The molecule has 0 aliphatic rings. The van der Waals surface area contributed by atoms with Crippen molar-refractivity contribution in [3.8, 4) is 16.9 Å². The van der Waals surface area contributed by atoms with Gasteiger partial charge in [-0.1, -0.05) is 36.8 Å². The third-order valence-corrected chi connectivity index (χ3v) is 4.26. The van der Waals surface area contributed by atoms with Gasteiger partial charge in [0, 0.05) is 18.0 Å². The number of nitrogens with one attached hydrogen (secondary N) is 1. The molecule has 142 valence electrons. The third-order valence-electron chi connectivity index (χ3n) is 4.26. The number of pyridine rings is 1. The summed E-state index contributed by atoms with van der Waals surface area (Å²) in [6, 6.07) is 11.0. The highest BCUT2D eigenvalue weighted by Gasteiger charge is 2.02. The van der Waals surface area contributed by atoms with Crippen molar-refractivity contribution in [3.63, 3.8) is 0 Å². The van der Waals surface area contributed by atoms with E-state index in [0.717, 1.165) is 40.9 Å². The Morgan fingerprint density at radius 3 is 2.56 bits per heavy atom. The third kappa shape index (κ3) is 6.42. The smallest absolute Gasteiger partial charge is 0.129 e. The van der Waals surface area contributed by atoms with Crippen molar-refractivity contribution in [3.05, 3.63) is 77.7 Å². The van der Waals surface area contributed by atoms with Gasteiger partial charge in [0.1, 0.15) is 11.6 Å². The fourth-order valence-electron chi connectivity index (χ4n) is 2.61. The van der Waals surface area contributed by atoms with Crippen LogP contribution in [0.15, 0.2) is 77.7 Å². The lowest BCUT2D eigenvalue weighted by Gasteiger charge is -2.08. The summed E-state index contributed by atoms with van der Waals surface area (Å²) in [4.78, 5) is 4.45. The highest BCUT2D eigenvalue weighted by atomic mass is 16.3. The Morgan fingerprint density at radius 1 is 1.11 bits per heavy atom. The number of benzene rings is 1. The molecule has 0 aliphatic heterocycles. The molecule has 27 heavy (non-hydrogen) atoms. The first-order valence-electron chi connectivity index (χ1n) is 9.18. The number of hydrogen-bond acceptors (Lipinski definition) is 4. The van der Waals surface area contributed by atoms with Crippen LogP contribution >= 0.6 is 0 Å². The molecule has 1 aromatic heterocycles. The van der Waals surface area contributed by atoms with Gasteiger partial charge < -0.3 is 15.5 Å². The molecule has 0 fully saturated rings. The van der Waals surface area contributed by atoms with Crippen LogP contribution in [0, 0.1) is 0 Å². The normalized spacial score (nSPS) is 13.0. The quantitative estimate of drug-likeness (QED) is 0.431. The van der Waals surface area contributed by atoms with Gasteiger partial charge in [-0.3, -0.25) is 0 Å². The summed E-state index contributed by atoms with van der Waals surface area (Å²) < 4.78 is 0. The Balaban J connectivity index is 2.08. The standard InChI is InChI=1S/C23H28N2O2/c1-4-6-19(10-9-17(2)16-26)18(3)14-24-23-12-11-21(15-25-23)20-7-5-8-22(27)13-20/h5-9,11-15,26-27H,4,10,16H2,1-3H3,(H,24,25)/b17-9-,18-14+,19-6+. The van der Waals surface area contributed by atoms with Gasteiger partial charge in [-0.2, -0.15) is 0 Å². The van der Waals surface area contributed by atoms with Crippen molar-refractivity contribution in [1.82, 2.24) is 4.98 Å². The first-order valence-corrected chi connectivity index (χ1v) is 9.18. The number of rotatable bonds is 8. The first-order chi connectivity index (χ1) is 13.0. The van der Waals surface area contributed by atoms with E-state index in [1.165, 1.54) is 5.57 Å². The van der Waals surface area contributed by atoms with E-state index in [9.17, 15) is 5.11 Å². The van der Waals surface area contributed by atoms with E-state index in [1.54, 1.807) is 18.3 Å². The van der Waals surface area contributed by atoms with Gasteiger partial charge >= 0.3 is 0 Å². The monoisotopic (exact) mass is 364 g/mol. The molecule has 0 radical (unpaired) electrons. The Hall–Kier alpha value is -2.85. The van der Waals surface area contributed by atoms with E-state index >= 15 is 0 Å². The van der Waals surface area contributed by atoms with E-state index in [-0.39, 0.29) is 12.4 Å². The minimum absolute atomic E-state index is 0.0931. The van der Waals surface area contributed by atoms with Crippen LogP contribution in [-0.4, -0.2) is 21.8 Å². The van der Waals surface area contributed by atoms with Crippen LogP contribution < -0.4 is 5.32 Å². The number of aromatic nitrogens is 1. The molecule has 0 amide bonds. The number of aliphatic hydroxyl groups excluding tert-OH is 1. The Morgan fingerprint density at radius 2 is 1.93 bits per heavy atom. The molecule has 0 unspecified atom stereocenters. The number of hydrogen-bond donors (Lipinski definition) is 3. The van der Waals surface area contributed by atoms with Crippen LogP contribution in [0.3, 0.4) is 0 Å². The van der Waals surface area contributed by atoms with E-state index in [4.69, 9.17) is 5.11 Å². The number of anilines is 1. The molecule has 2 rings (SSSR count). The zero-order valence-electron chi connectivity index (χ0n) is 16.2. The molecular formula is C23H28N2O2. The van der Waals surface area contributed by atoms with Crippen molar-refractivity contribution in [2.45, 2.75) is 33.6 Å². The molecule has 1 heterocycles. The van der Waals surface area contributed by atoms with Crippen LogP contribution in [0.4, 0.5) is 5.82 Å². The topological polar surface area (TPSA) is 65.4 Å². The minimum Gasteiger partial charge on any atom is -0.508 e. The first kappa shape index (κ1) is 20.5. The fourth-order valence-corrected chi connectivity index (χ4v) is 2.61. The van der Waals surface area contributed by atoms with Gasteiger partial charge in [0.25, 0.3) is 0 Å². The second-order valence-electron chi connectivity index (χ2n) is 6.50. The largest absolute Gasteiger partial charge is 0.508 e. The van der Waals surface area contributed by atoms with E-state index in [2.05, 4.69) is 36.3 Å². The van der Waals surface area contributed by atoms with Crippen molar-refractivity contribution >= 4 is 5.82 Å². The van der Waals surface area contributed by atoms with Crippen molar-refractivity contribution in [1.29, 1.82) is 0 Å². The maximum Gasteiger partial charge on any atom is 0.129 e. The van der Waals surface area contributed by atoms with E-state index in [0.29, 0.717) is 0 Å². The number of nitrogens with zero attached hydrogens (tertiary/aromatic N) is 1. The highest BCUT2D eigenvalue weighted by molar-refractivity contribution is 5.65. The lowest BCUT2D eigenvalue weighted by atomic mass is 10.0. The maximum absolute atomic E-state index is 9.60. The second-order valence-corrected chi connectivity index (χ2v) is 6.50. The number of aliphatic hydroxyl groups is 1. The molecule has 0 aliphatic carbocycles. The SMILES string of the molecule is CC/C=C(C/C=C(/C)CO)/C(C)=C/Nc1ccc(-c2cccc(O)c2)cn1. The van der Waals surface area contributed by atoms with Gasteiger partial charge in [-0.25, -0.2) is 4.98 Å². The summed E-state index contributed by atoms with van der Waals surface area (Å²) in [6.45, 7) is 6.21. The molecule has 0 saturated heterocycles. The average molecular weight is 364 g/mol. The minimum atomic E-state index is 0.0931. The molecule has 4 heteroatoms. The molecule has 1 aromatic carbocycles. The molecule has 4 nitrogen and oxygen atoms in total. The Labute approximate surface area is 161 Å². The Kier molecular flexibility index (Phi) is 7.83. The number of aromatic hydroxyl groups is 1. The summed E-state index contributed by atoms with van der Waals surface area (Å²) >= 11 is 0. The summed E-state index contributed by atoms with van der Waals surface area (Å²) in [5.41, 5.74) is 5.22. The van der Waals surface area contributed by atoms with Gasteiger partial charge in [0.15, 0.2) is 0 Å². The van der Waals surface area contributed by atoms with Crippen LogP contribution in [0.2, 0.25) is 0 Å². The Bertz CT molecular complexity index is 834. The molecule has 0 spiro atoms. The van der Waals surface area contributed by atoms with Crippen molar-refractivity contribution < 1.29 is 10.2 Å². The van der Waals surface area contributed by atoms with Crippen molar-refractivity contribution in [2.24, 2.45) is 0 Å². The van der Waals surface area contributed by atoms with Gasteiger partial charge in [0.05, 0.1) is 6.61 Å². The zero-order chi connectivity index (χ0) is 19.6. The second kappa shape index (κ2) is 10.3. The zero-order valence-corrected chi connectivity index (χ0v) is 16.2. The molecule has 0 atom stereocenters. The number of allylic oxidation sites excluding steroid dienone is 4. The van der Waals surface area contributed by atoms with Crippen LogP contribution in [0.5, 0.6) is 5.75 Å². The van der Waals surface area contributed by atoms with Gasteiger partial charge in [0.2, 0.25) is 0 Å². The van der Waals surface area contributed by atoms with Gasteiger partial charge in [-0.15, -0.1) is 0 Å². The fraction of sp³-hybridized carbons (Fsp3) is 0.261. The van der Waals surface area contributed by atoms with Crippen LogP contribution in [-0.2, 0) is 0 Å². The highest BCUT2D eigenvalue weighted by Crippen LogP contribution is 2.23. The lowest BCUT2D eigenvalue weighted by Crippen LogP contribution is -1.95. The van der Waals surface area contributed by atoms with E-state index < -0.39 is 0 Å². The molecular weight excluding hydrogens is 336 g/mol. The van der Waals surface area contributed by atoms with E-state index in [1.807, 2.05) is 37.4 Å². The number of phenols is 1. The summed E-state index contributed by atoms with van der Waals surface area (Å²) in [5.74, 6) is 1.00. The summed E-state index contributed by atoms with van der Waals surface area (Å²) in [6.07, 6.45) is 9.77. The predicted octanol–water partition coefficient (Wildman–Crippen LogP) is 5.44. The molecule has 0 saturated carbocycles. The summed E-state index contributed by atoms with van der Waals surface area (Å²) in [7, 11) is 0. The summed E-state index contributed by atoms with van der Waals surface area (Å²) in [5, 5.41) is 22.0. The lowest BCUT2D eigenvalue weighted by molar-refractivity contribution is 0.331. The average Bonchev–Trinajstić information content (AvgIpc) is 2.69. The molecule has 3 N–H and O–H groups in total. The maximum atomic E-state index is 9.60. The molecule has 2 aromatic rings. The van der Waals surface area contributed by atoms with Crippen LogP contribution in [0.1, 0.15) is 33.6 Å². The molecule has 0 bridgehead atoms. The number of phenolic OH excluding ortho intramolecular Hbond substituents is 1. The van der Waals surface area contributed by atoms with Crippen LogP contribution in [0.25, 0.3) is 11.1 Å².